The zero-order valence-electron chi connectivity index (χ0n) is 10.2. The Kier molecular flexibility index (Phi) is 4.39. The van der Waals surface area contributed by atoms with Crippen LogP contribution in [-0.2, 0) is 0 Å². The molecule has 0 saturated carbocycles. The third kappa shape index (κ3) is 3.49. The van der Waals surface area contributed by atoms with E-state index < -0.39 is 5.60 Å². The van der Waals surface area contributed by atoms with Crippen LogP contribution in [0.2, 0.25) is 0 Å². The maximum Gasteiger partial charge on any atom is 0.133 e. The first kappa shape index (κ1) is 13.5. The molecule has 0 aliphatic heterocycles. The zero-order chi connectivity index (χ0) is 12.3. The highest BCUT2D eigenvalue weighted by Gasteiger charge is 2.26. The van der Waals surface area contributed by atoms with Crippen LogP contribution in [0.25, 0.3) is 0 Å². The molecule has 16 heavy (non-hydrogen) atoms. The molecule has 90 valence electrons. The van der Waals surface area contributed by atoms with Gasteiger partial charge in [-0.2, -0.15) is 0 Å². The van der Waals surface area contributed by atoms with Crippen LogP contribution in [-0.4, -0.2) is 17.3 Å². The molecule has 0 heterocycles. The lowest BCUT2D eigenvalue weighted by Crippen LogP contribution is -2.37. The SMILES string of the molecule is Cc1ccc(OCC(C)(O)C(C)C)c(Br)c1. The summed E-state index contributed by atoms with van der Waals surface area (Å²) in [7, 11) is 0. The Hall–Kier alpha value is -0.540. The van der Waals surface area contributed by atoms with Crippen molar-refractivity contribution in [2.75, 3.05) is 6.61 Å². The van der Waals surface area contributed by atoms with Crippen LogP contribution in [0, 0.1) is 12.8 Å². The molecule has 1 aromatic carbocycles. The Bertz CT molecular complexity index is 359. The molecular weight excluding hydrogens is 268 g/mol. The van der Waals surface area contributed by atoms with Crippen molar-refractivity contribution in [3.63, 3.8) is 0 Å². The fourth-order valence-corrected chi connectivity index (χ4v) is 1.72. The van der Waals surface area contributed by atoms with E-state index in [0.29, 0.717) is 6.61 Å². The van der Waals surface area contributed by atoms with E-state index >= 15 is 0 Å². The molecule has 0 fully saturated rings. The number of hydrogen-bond donors (Lipinski definition) is 1. The number of aryl methyl sites for hydroxylation is 1. The van der Waals surface area contributed by atoms with Gasteiger partial charge in [-0.1, -0.05) is 19.9 Å². The van der Waals surface area contributed by atoms with Crippen molar-refractivity contribution >= 4 is 15.9 Å². The molecule has 0 saturated heterocycles. The third-order valence-electron chi connectivity index (χ3n) is 2.85. The average molecular weight is 287 g/mol. The van der Waals surface area contributed by atoms with Gasteiger partial charge in [0.05, 0.1) is 10.1 Å². The Balaban J connectivity index is 2.68. The second kappa shape index (κ2) is 5.19. The van der Waals surface area contributed by atoms with E-state index in [0.717, 1.165) is 10.2 Å². The fourth-order valence-electron chi connectivity index (χ4n) is 1.11. The molecule has 0 amide bonds. The van der Waals surface area contributed by atoms with Crippen molar-refractivity contribution in [1.82, 2.24) is 0 Å². The largest absolute Gasteiger partial charge is 0.489 e. The molecule has 1 atom stereocenters. The molecule has 3 heteroatoms. The number of ether oxygens (including phenoxy) is 1. The Labute approximate surface area is 106 Å². The summed E-state index contributed by atoms with van der Waals surface area (Å²) in [5.41, 5.74) is 0.375. The molecule has 1 aromatic rings. The molecule has 1 rings (SSSR count). The second-order valence-electron chi connectivity index (χ2n) is 4.73. The minimum atomic E-state index is -0.801. The molecule has 0 aromatic heterocycles. The average Bonchev–Trinajstić information content (AvgIpc) is 2.16. The van der Waals surface area contributed by atoms with Gasteiger partial charge in [0.15, 0.2) is 0 Å². The molecule has 1 unspecified atom stereocenters. The van der Waals surface area contributed by atoms with Crippen molar-refractivity contribution < 1.29 is 9.84 Å². The van der Waals surface area contributed by atoms with Gasteiger partial charge in [0, 0.05) is 0 Å². The Morgan fingerprint density at radius 3 is 2.56 bits per heavy atom. The van der Waals surface area contributed by atoms with Crippen LogP contribution in [0.1, 0.15) is 26.3 Å². The summed E-state index contributed by atoms with van der Waals surface area (Å²) >= 11 is 3.45. The molecular formula is C13H19BrO2. The van der Waals surface area contributed by atoms with Gasteiger partial charge in [-0.25, -0.2) is 0 Å². The smallest absolute Gasteiger partial charge is 0.133 e. The first-order valence-corrected chi connectivity index (χ1v) is 6.23. The van der Waals surface area contributed by atoms with Crippen molar-refractivity contribution in [1.29, 1.82) is 0 Å². The first-order valence-electron chi connectivity index (χ1n) is 5.44. The molecule has 0 aliphatic rings. The van der Waals surface area contributed by atoms with Crippen LogP contribution >= 0.6 is 15.9 Å². The van der Waals surface area contributed by atoms with Crippen LogP contribution in [0.4, 0.5) is 0 Å². The van der Waals surface area contributed by atoms with Crippen molar-refractivity contribution in [3.8, 4) is 5.75 Å². The predicted molar refractivity (Wildman–Crippen MR) is 69.8 cm³/mol. The summed E-state index contributed by atoms with van der Waals surface area (Å²) in [5, 5.41) is 10.1. The van der Waals surface area contributed by atoms with Gasteiger partial charge in [0.2, 0.25) is 0 Å². The minimum Gasteiger partial charge on any atom is -0.489 e. The number of hydrogen-bond acceptors (Lipinski definition) is 2. The summed E-state index contributed by atoms with van der Waals surface area (Å²) in [6.07, 6.45) is 0. The highest BCUT2D eigenvalue weighted by molar-refractivity contribution is 9.10. The summed E-state index contributed by atoms with van der Waals surface area (Å²) in [5.74, 6) is 0.934. The van der Waals surface area contributed by atoms with Crippen molar-refractivity contribution in [3.05, 3.63) is 28.2 Å². The number of halogens is 1. The van der Waals surface area contributed by atoms with E-state index in [-0.39, 0.29) is 5.92 Å². The summed E-state index contributed by atoms with van der Waals surface area (Å²) in [6.45, 7) is 8.08. The van der Waals surface area contributed by atoms with E-state index in [9.17, 15) is 5.11 Å². The topological polar surface area (TPSA) is 29.5 Å². The van der Waals surface area contributed by atoms with Crippen LogP contribution in [0.5, 0.6) is 5.75 Å². The Morgan fingerprint density at radius 1 is 1.44 bits per heavy atom. The standard InChI is InChI=1S/C13H19BrO2/c1-9(2)13(4,15)8-16-12-6-5-10(3)7-11(12)14/h5-7,9,15H,8H2,1-4H3. The van der Waals surface area contributed by atoms with Gasteiger partial charge in [-0.05, 0) is 53.4 Å². The molecule has 0 bridgehead atoms. The van der Waals surface area contributed by atoms with Crippen molar-refractivity contribution in [2.24, 2.45) is 5.92 Å². The summed E-state index contributed by atoms with van der Waals surface area (Å²) in [6, 6.07) is 5.90. The molecule has 0 aliphatic carbocycles. The first-order chi connectivity index (χ1) is 7.33. The van der Waals surface area contributed by atoms with Crippen LogP contribution in [0.3, 0.4) is 0 Å². The van der Waals surface area contributed by atoms with Crippen LogP contribution < -0.4 is 4.74 Å². The van der Waals surface area contributed by atoms with Crippen LogP contribution in [0.15, 0.2) is 22.7 Å². The lowest BCUT2D eigenvalue weighted by Gasteiger charge is -2.27. The van der Waals surface area contributed by atoms with Gasteiger partial charge < -0.3 is 9.84 Å². The summed E-state index contributed by atoms with van der Waals surface area (Å²) < 4.78 is 6.54. The fraction of sp³-hybridized carbons (Fsp3) is 0.538. The third-order valence-corrected chi connectivity index (χ3v) is 3.47. The highest BCUT2D eigenvalue weighted by atomic mass is 79.9. The quantitative estimate of drug-likeness (QED) is 0.917. The van der Waals surface area contributed by atoms with Gasteiger partial charge in [-0.15, -0.1) is 0 Å². The predicted octanol–water partition coefficient (Wildman–Crippen LogP) is 3.54. The van der Waals surface area contributed by atoms with Crippen molar-refractivity contribution in [2.45, 2.75) is 33.3 Å². The lowest BCUT2D eigenvalue weighted by molar-refractivity contribution is -0.0268. The highest BCUT2D eigenvalue weighted by Crippen LogP contribution is 2.27. The van der Waals surface area contributed by atoms with E-state index in [2.05, 4.69) is 15.9 Å². The van der Waals surface area contributed by atoms with Gasteiger partial charge >= 0.3 is 0 Å². The zero-order valence-corrected chi connectivity index (χ0v) is 11.8. The van der Waals surface area contributed by atoms with Gasteiger partial charge in [0.25, 0.3) is 0 Å². The van der Waals surface area contributed by atoms with Gasteiger partial charge in [-0.3, -0.25) is 0 Å². The van der Waals surface area contributed by atoms with Gasteiger partial charge in [0.1, 0.15) is 12.4 Å². The lowest BCUT2D eigenvalue weighted by atomic mass is 9.94. The van der Waals surface area contributed by atoms with E-state index in [4.69, 9.17) is 4.74 Å². The number of aliphatic hydroxyl groups is 1. The minimum absolute atomic E-state index is 0.164. The molecule has 1 N–H and O–H groups in total. The maximum absolute atomic E-state index is 10.1. The number of benzene rings is 1. The molecule has 0 spiro atoms. The maximum atomic E-state index is 10.1. The van der Waals surface area contributed by atoms with E-state index in [1.54, 1.807) is 6.92 Å². The Morgan fingerprint density at radius 2 is 2.06 bits per heavy atom. The van der Waals surface area contributed by atoms with E-state index in [1.165, 1.54) is 5.56 Å². The number of rotatable bonds is 4. The summed E-state index contributed by atoms with van der Waals surface area (Å²) in [4.78, 5) is 0. The normalized spacial score (nSPS) is 14.9. The van der Waals surface area contributed by atoms with E-state index in [1.807, 2.05) is 39.0 Å². The second-order valence-corrected chi connectivity index (χ2v) is 5.59. The molecule has 2 nitrogen and oxygen atoms in total. The monoisotopic (exact) mass is 286 g/mol. The molecule has 0 radical (unpaired) electrons.